The van der Waals surface area contributed by atoms with E-state index in [1.165, 1.54) is 10.9 Å². The fourth-order valence-corrected chi connectivity index (χ4v) is 4.68. The predicted octanol–water partition coefficient (Wildman–Crippen LogP) is 3.76. The first-order valence-electron chi connectivity index (χ1n) is 11.6. The van der Waals surface area contributed by atoms with Crippen molar-refractivity contribution in [3.8, 4) is 11.1 Å². The number of carboxylic acid groups (broad SMARTS) is 1. The Bertz CT molecular complexity index is 1250. The van der Waals surface area contributed by atoms with Gasteiger partial charge in [-0.25, -0.2) is 9.59 Å². The Labute approximate surface area is 202 Å². The van der Waals surface area contributed by atoms with E-state index in [0.29, 0.717) is 12.3 Å². The number of carbonyl (C=O) groups is 3. The highest BCUT2D eigenvalue weighted by Crippen LogP contribution is 2.44. The van der Waals surface area contributed by atoms with Crippen molar-refractivity contribution in [2.45, 2.75) is 31.2 Å². The van der Waals surface area contributed by atoms with Gasteiger partial charge in [-0.3, -0.25) is 14.8 Å². The van der Waals surface area contributed by atoms with Gasteiger partial charge in [0.15, 0.2) is 0 Å². The van der Waals surface area contributed by atoms with Gasteiger partial charge in [-0.05, 0) is 34.6 Å². The molecule has 2 aliphatic carbocycles. The lowest BCUT2D eigenvalue weighted by Gasteiger charge is -2.16. The van der Waals surface area contributed by atoms with Crippen LogP contribution < -0.4 is 10.6 Å². The van der Waals surface area contributed by atoms with Gasteiger partial charge in [0.25, 0.3) is 5.91 Å². The molecule has 0 aliphatic heterocycles. The fraction of sp³-hybridized carbons (Fsp3) is 0.308. The molecule has 5 rings (SSSR count). The van der Waals surface area contributed by atoms with Crippen LogP contribution in [0, 0.1) is 5.92 Å². The van der Waals surface area contributed by atoms with E-state index in [1.54, 1.807) is 7.05 Å². The predicted molar refractivity (Wildman–Crippen MR) is 128 cm³/mol. The van der Waals surface area contributed by atoms with Crippen LogP contribution in [-0.2, 0) is 16.6 Å². The Balaban J connectivity index is 1.26. The zero-order valence-corrected chi connectivity index (χ0v) is 19.2. The number of rotatable bonds is 8. The number of amides is 2. The first-order chi connectivity index (χ1) is 16.9. The van der Waals surface area contributed by atoms with E-state index >= 15 is 0 Å². The number of anilines is 1. The molecular weight excluding hydrogens is 448 g/mol. The summed E-state index contributed by atoms with van der Waals surface area (Å²) >= 11 is 0. The lowest BCUT2D eigenvalue weighted by molar-refractivity contribution is -0.139. The van der Waals surface area contributed by atoms with Gasteiger partial charge in [0.2, 0.25) is 0 Å². The molecule has 35 heavy (non-hydrogen) atoms. The normalized spacial score (nSPS) is 15.1. The number of aromatic nitrogens is 2. The third-order valence-electron chi connectivity index (χ3n) is 6.60. The highest BCUT2D eigenvalue weighted by atomic mass is 16.5. The summed E-state index contributed by atoms with van der Waals surface area (Å²) in [7, 11) is 1.55. The van der Waals surface area contributed by atoms with Gasteiger partial charge in [-0.15, -0.1) is 0 Å². The van der Waals surface area contributed by atoms with Crippen molar-refractivity contribution in [1.29, 1.82) is 0 Å². The Hall–Kier alpha value is -4.14. The molecule has 0 bridgehead atoms. The molecular formula is C26H26N4O5. The number of hydrogen-bond acceptors (Lipinski definition) is 5. The minimum atomic E-state index is -1.08. The SMILES string of the molecule is Cn1ncc(NC(=O)OCC2c3ccccc3-c3ccccc32)c1C(=O)N[C@@H](CC1CC1)C(=O)O. The van der Waals surface area contributed by atoms with Gasteiger partial charge in [0.1, 0.15) is 18.3 Å². The smallest absolute Gasteiger partial charge is 0.411 e. The van der Waals surface area contributed by atoms with E-state index in [-0.39, 0.29) is 23.9 Å². The van der Waals surface area contributed by atoms with Crippen LogP contribution in [0.3, 0.4) is 0 Å². The molecule has 1 saturated carbocycles. The highest BCUT2D eigenvalue weighted by molar-refractivity contribution is 6.02. The summed E-state index contributed by atoms with van der Waals surface area (Å²) in [6, 6.07) is 15.1. The number of hydrogen-bond donors (Lipinski definition) is 3. The number of carbonyl (C=O) groups excluding carboxylic acids is 2. The Morgan fingerprint density at radius 2 is 1.71 bits per heavy atom. The number of nitrogens with zero attached hydrogens (tertiary/aromatic N) is 2. The molecule has 1 fully saturated rings. The van der Waals surface area contributed by atoms with Gasteiger partial charge in [-0.2, -0.15) is 5.10 Å². The third-order valence-corrected chi connectivity index (χ3v) is 6.60. The monoisotopic (exact) mass is 474 g/mol. The summed E-state index contributed by atoms with van der Waals surface area (Å²) in [4.78, 5) is 37.1. The zero-order chi connectivity index (χ0) is 24.5. The maximum Gasteiger partial charge on any atom is 0.411 e. The number of aryl methyl sites for hydroxylation is 1. The van der Waals surface area contributed by atoms with E-state index in [2.05, 4.69) is 27.9 Å². The quantitative estimate of drug-likeness (QED) is 0.457. The molecule has 0 spiro atoms. The molecule has 2 amide bonds. The molecule has 0 radical (unpaired) electrons. The molecule has 3 N–H and O–H groups in total. The average molecular weight is 475 g/mol. The minimum absolute atomic E-state index is 0.0561. The van der Waals surface area contributed by atoms with Crippen LogP contribution in [0.2, 0.25) is 0 Å². The minimum Gasteiger partial charge on any atom is -0.480 e. The van der Waals surface area contributed by atoms with Crippen LogP contribution in [0.25, 0.3) is 11.1 Å². The van der Waals surface area contributed by atoms with Crippen LogP contribution >= 0.6 is 0 Å². The van der Waals surface area contributed by atoms with Gasteiger partial charge in [-0.1, -0.05) is 61.4 Å². The number of carboxylic acids is 1. The van der Waals surface area contributed by atoms with Gasteiger partial charge in [0.05, 0.1) is 11.9 Å². The lowest BCUT2D eigenvalue weighted by atomic mass is 9.98. The van der Waals surface area contributed by atoms with Crippen LogP contribution in [0.5, 0.6) is 0 Å². The first-order valence-corrected chi connectivity index (χ1v) is 11.6. The van der Waals surface area contributed by atoms with E-state index < -0.39 is 24.0 Å². The molecule has 1 atom stereocenters. The van der Waals surface area contributed by atoms with Crippen LogP contribution in [0.15, 0.2) is 54.7 Å². The van der Waals surface area contributed by atoms with Crippen molar-refractivity contribution in [3.63, 3.8) is 0 Å². The molecule has 1 heterocycles. The van der Waals surface area contributed by atoms with E-state index in [0.717, 1.165) is 35.1 Å². The molecule has 9 nitrogen and oxygen atoms in total. The maximum absolute atomic E-state index is 12.9. The highest BCUT2D eigenvalue weighted by Gasteiger charge is 2.32. The zero-order valence-electron chi connectivity index (χ0n) is 19.2. The number of ether oxygens (including phenoxy) is 1. The third kappa shape index (κ3) is 4.62. The number of nitrogens with one attached hydrogen (secondary N) is 2. The lowest BCUT2D eigenvalue weighted by Crippen LogP contribution is -2.42. The summed E-state index contributed by atoms with van der Waals surface area (Å²) < 4.78 is 6.85. The Morgan fingerprint density at radius 3 is 2.31 bits per heavy atom. The molecule has 2 aromatic carbocycles. The second-order valence-corrected chi connectivity index (χ2v) is 9.02. The van der Waals surface area contributed by atoms with Crippen LogP contribution in [0.4, 0.5) is 10.5 Å². The first kappa shape index (κ1) is 22.6. The summed E-state index contributed by atoms with van der Waals surface area (Å²) in [5.41, 5.74) is 4.65. The molecule has 9 heteroatoms. The van der Waals surface area contributed by atoms with E-state index in [4.69, 9.17) is 4.74 Å². The molecule has 180 valence electrons. The number of fused-ring (bicyclic) bond motifs is 3. The van der Waals surface area contributed by atoms with Crippen molar-refractivity contribution in [2.75, 3.05) is 11.9 Å². The average Bonchev–Trinajstić information content (AvgIpc) is 3.51. The largest absolute Gasteiger partial charge is 0.480 e. The standard InChI is InChI=1S/C26H26N4O5/c1-30-23(24(31)28-21(25(32)33)12-15-10-11-15)22(13-27-30)29-26(34)35-14-20-18-8-4-2-6-16(18)17-7-3-5-9-19(17)20/h2-9,13,15,20-21H,10-12,14H2,1H3,(H,28,31)(H,29,34)(H,32,33)/t21-/m0/s1. The van der Waals surface area contributed by atoms with Crippen molar-refractivity contribution in [1.82, 2.24) is 15.1 Å². The second-order valence-electron chi connectivity index (χ2n) is 9.02. The van der Waals surface area contributed by atoms with E-state index in [9.17, 15) is 19.5 Å². The van der Waals surface area contributed by atoms with Crippen molar-refractivity contribution in [2.24, 2.45) is 13.0 Å². The van der Waals surface area contributed by atoms with Crippen LogP contribution in [0.1, 0.15) is 46.8 Å². The second kappa shape index (κ2) is 9.25. The van der Waals surface area contributed by atoms with Gasteiger partial charge in [0, 0.05) is 13.0 Å². The summed E-state index contributed by atoms with van der Waals surface area (Å²) in [5, 5.41) is 18.7. The number of benzene rings is 2. The van der Waals surface area contributed by atoms with Crippen molar-refractivity contribution in [3.05, 3.63) is 71.5 Å². The molecule has 2 aliphatic rings. The topological polar surface area (TPSA) is 123 Å². The van der Waals surface area contributed by atoms with Gasteiger partial charge < -0.3 is 15.2 Å². The van der Waals surface area contributed by atoms with E-state index in [1.807, 2.05) is 36.4 Å². The van der Waals surface area contributed by atoms with Crippen molar-refractivity contribution >= 4 is 23.7 Å². The molecule has 3 aromatic rings. The molecule has 0 saturated heterocycles. The molecule has 0 unspecified atom stereocenters. The Morgan fingerprint density at radius 1 is 1.09 bits per heavy atom. The molecule has 1 aromatic heterocycles. The maximum atomic E-state index is 12.9. The summed E-state index contributed by atoms with van der Waals surface area (Å²) in [6.45, 7) is 0.129. The summed E-state index contributed by atoms with van der Waals surface area (Å²) in [6.07, 6.45) is 2.95. The fourth-order valence-electron chi connectivity index (χ4n) is 4.68. The van der Waals surface area contributed by atoms with Crippen molar-refractivity contribution < 1.29 is 24.2 Å². The Kier molecular flexibility index (Phi) is 5.98. The number of aliphatic carboxylic acids is 1. The van der Waals surface area contributed by atoms with Crippen LogP contribution in [-0.4, -0.2) is 45.5 Å². The van der Waals surface area contributed by atoms with Gasteiger partial charge >= 0.3 is 12.1 Å². The summed E-state index contributed by atoms with van der Waals surface area (Å²) in [5.74, 6) is -1.48.